The fourth-order valence-corrected chi connectivity index (χ4v) is 3.57. The van der Waals surface area contributed by atoms with Crippen molar-refractivity contribution in [2.24, 2.45) is 5.92 Å². The van der Waals surface area contributed by atoms with E-state index in [1.807, 2.05) is 18.2 Å². The highest BCUT2D eigenvalue weighted by Gasteiger charge is 2.34. The first kappa shape index (κ1) is 30.0. The second-order valence-electron chi connectivity index (χ2n) is 8.84. The Bertz CT molecular complexity index is 703. The van der Waals surface area contributed by atoms with Crippen LogP contribution in [0.25, 0.3) is 0 Å². The van der Waals surface area contributed by atoms with E-state index < -0.39 is 29.7 Å². The first-order valence-electron chi connectivity index (χ1n) is 12.2. The van der Waals surface area contributed by atoms with Crippen LogP contribution >= 0.6 is 0 Å². The van der Waals surface area contributed by atoms with Crippen LogP contribution in [0, 0.1) is 5.92 Å². The van der Waals surface area contributed by atoms with Gasteiger partial charge in [0.05, 0.1) is 0 Å². The van der Waals surface area contributed by atoms with Crippen LogP contribution in [-0.4, -0.2) is 49.3 Å². The van der Waals surface area contributed by atoms with E-state index in [0.29, 0.717) is 6.42 Å². The lowest BCUT2D eigenvalue weighted by molar-refractivity contribution is -0.315. The van der Waals surface area contributed by atoms with E-state index in [1.165, 1.54) is 6.42 Å². The minimum absolute atomic E-state index is 0.00902. The van der Waals surface area contributed by atoms with Gasteiger partial charge in [-0.3, -0.25) is 9.59 Å². The van der Waals surface area contributed by atoms with Crippen LogP contribution in [0.4, 0.5) is 0 Å². The maximum absolute atomic E-state index is 12.8. The van der Waals surface area contributed by atoms with Crippen LogP contribution in [0.5, 0.6) is 0 Å². The molecule has 0 saturated heterocycles. The molecule has 0 heterocycles. The Morgan fingerprint density at radius 1 is 0.853 bits per heavy atom. The van der Waals surface area contributed by atoms with Gasteiger partial charge in [-0.2, -0.15) is 0 Å². The number of benzene rings is 1. The van der Waals surface area contributed by atoms with Gasteiger partial charge in [0.25, 0.3) is 5.97 Å². The fraction of sp³-hybridized carbons (Fsp3) is 0.680. The van der Waals surface area contributed by atoms with Gasteiger partial charge in [-0.25, -0.2) is 0 Å². The Kier molecular flexibility index (Phi) is 13.9. The van der Waals surface area contributed by atoms with Gasteiger partial charge in [0.2, 0.25) is 11.8 Å². The van der Waals surface area contributed by atoms with Crippen LogP contribution in [0.15, 0.2) is 30.3 Å². The topological polar surface area (TPSA) is 157 Å². The van der Waals surface area contributed by atoms with Gasteiger partial charge in [0.1, 0.15) is 12.5 Å². The SMILES string of the molecule is CCCCCCCCCC(C(=O)NC(O)(O)CCCCC(O)(O)O)C(=O)OCc1ccccc1. The van der Waals surface area contributed by atoms with Gasteiger partial charge in [-0.05, 0) is 24.8 Å². The number of unbranched alkanes of at least 4 members (excludes halogenated alkanes) is 7. The molecule has 1 amide bonds. The Balaban J connectivity index is 2.63. The first-order chi connectivity index (χ1) is 16.0. The van der Waals surface area contributed by atoms with Crippen LogP contribution in [-0.2, 0) is 20.9 Å². The maximum atomic E-state index is 12.8. The van der Waals surface area contributed by atoms with Crippen molar-refractivity contribution >= 4 is 11.9 Å². The van der Waals surface area contributed by atoms with Crippen LogP contribution in [0.2, 0.25) is 0 Å². The molecule has 1 atom stereocenters. The molecule has 6 N–H and O–H groups in total. The third kappa shape index (κ3) is 14.3. The van der Waals surface area contributed by atoms with Crippen molar-refractivity contribution in [3.63, 3.8) is 0 Å². The summed E-state index contributed by atoms with van der Waals surface area (Å²) in [6.45, 7) is 2.15. The van der Waals surface area contributed by atoms with Crippen LogP contribution in [0.1, 0.15) is 89.5 Å². The zero-order valence-electron chi connectivity index (χ0n) is 20.1. The number of hydrogen-bond acceptors (Lipinski definition) is 8. The summed E-state index contributed by atoms with van der Waals surface area (Å²) in [5.41, 5.74) is 0.775. The second kappa shape index (κ2) is 15.8. The summed E-state index contributed by atoms with van der Waals surface area (Å²) in [5.74, 6) is -8.17. The molecule has 0 saturated carbocycles. The summed E-state index contributed by atoms with van der Waals surface area (Å²) in [7, 11) is 0. The minimum Gasteiger partial charge on any atom is -0.460 e. The van der Waals surface area contributed by atoms with E-state index in [9.17, 15) is 19.8 Å². The van der Waals surface area contributed by atoms with Crippen molar-refractivity contribution in [2.45, 2.75) is 102 Å². The minimum atomic E-state index is -2.83. The maximum Gasteiger partial charge on any atom is 0.318 e. The highest BCUT2D eigenvalue weighted by molar-refractivity contribution is 5.97. The van der Waals surface area contributed by atoms with Crippen molar-refractivity contribution < 1.29 is 39.9 Å². The van der Waals surface area contributed by atoms with E-state index in [1.54, 1.807) is 12.1 Å². The van der Waals surface area contributed by atoms with Crippen molar-refractivity contribution in [3.05, 3.63) is 35.9 Å². The standard InChI is InChI=1S/C25H41NO8/c1-2-3-4-5-6-7-11-16-21(23(28)34-19-20-14-9-8-10-15-20)22(27)26-24(29,30)17-12-13-18-25(31,32)33/h8-10,14-15,21,29-33H,2-7,11-13,16-19H2,1H3,(H,26,27). The average molecular weight is 484 g/mol. The van der Waals surface area contributed by atoms with Crippen molar-refractivity contribution in [2.75, 3.05) is 0 Å². The molecule has 0 aliphatic carbocycles. The molecule has 0 aliphatic rings. The highest BCUT2D eigenvalue weighted by atomic mass is 16.7. The molecular weight excluding hydrogens is 442 g/mol. The van der Waals surface area contributed by atoms with Crippen molar-refractivity contribution in [1.29, 1.82) is 0 Å². The van der Waals surface area contributed by atoms with E-state index in [2.05, 4.69) is 12.2 Å². The molecule has 9 heteroatoms. The number of amides is 1. The molecule has 1 unspecified atom stereocenters. The quantitative estimate of drug-likeness (QED) is 0.0804. The monoisotopic (exact) mass is 483 g/mol. The summed E-state index contributed by atoms with van der Waals surface area (Å²) in [6.07, 6.45) is 6.74. The Hall–Kier alpha value is -2.04. The van der Waals surface area contributed by atoms with Gasteiger partial charge in [-0.1, -0.05) is 82.2 Å². The summed E-state index contributed by atoms with van der Waals surface area (Å²) in [6, 6.07) is 9.06. The second-order valence-corrected chi connectivity index (χ2v) is 8.84. The Morgan fingerprint density at radius 3 is 2.06 bits per heavy atom. The van der Waals surface area contributed by atoms with Gasteiger partial charge < -0.3 is 35.6 Å². The normalized spacial score (nSPS) is 12.9. The molecule has 0 radical (unpaired) electrons. The Morgan fingerprint density at radius 2 is 1.44 bits per heavy atom. The van der Waals surface area contributed by atoms with E-state index >= 15 is 0 Å². The smallest absolute Gasteiger partial charge is 0.318 e. The van der Waals surface area contributed by atoms with Gasteiger partial charge in [-0.15, -0.1) is 0 Å². The molecular formula is C25H41NO8. The highest BCUT2D eigenvalue weighted by Crippen LogP contribution is 2.18. The molecule has 194 valence electrons. The number of carbonyl (C=O) groups is 2. The molecule has 0 aromatic heterocycles. The number of hydrogen-bond donors (Lipinski definition) is 6. The molecule has 1 aromatic carbocycles. The number of esters is 1. The molecule has 0 aliphatic heterocycles. The number of rotatable bonds is 18. The first-order valence-corrected chi connectivity index (χ1v) is 12.2. The lowest BCUT2D eigenvalue weighted by atomic mass is 9.98. The molecule has 9 nitrogen and oxygen atoms in total. The molecule has 1 aromatic rings. The van der Waals surface area contributed by atoms with Crippen LogP contribution < -0.4 is 5.32 Å². The molecule has 1 rings (SSSR count). The third-order valence-corrected chi connectivity index (χ3v) is 5.53. The summed E-state index contributed by atoms with van der Waals surface area (Å²) in [5, 5.41) is 49.0. The largest absolute Gasteiger partial charge is 0.460 e. The fourth-order valence-electron chi connectivity index (χ4n) is 3.57. The molecule has 34 heavy (non-hydrogen) atoms. The third-order valence-electron chi connectivity index (χ3n) is 5.53. The number of ether oxygens (including phenoxy) is 1. The summed E-state index contributed by atoms with van der Waals surface area (Å²) >= 11 is 0. The molecule has 0 spiro atoms. The molecule has 0 fully saturated rings. The Labute approximate surface area is 201 Å². The van der Waals surface area contributed by atoms with E-state index in [-0.39, 0.29) is 38.7 Å². The number of carbonyl (C=O) groups excluding carboxylic acids is 2. The summed E-state index contributed by atoms with van der Waals surface area (Å²) < 4.78 is 5.33. The molecule has 0 bridgehead atoms. The summed E-state index contributed by atoms with van der Waals surface area (Å²) in [4.78, 5) is 25.4. The van der Waals surface area contributed by atoms with Gasteiger partial charge in [0.15, 0.2) is 0 Å². The average Bonchev–Trinajstić information content (AvgIpc) is 2.76. The predicted octanol–water partition coefficient (Wildman–Crippen LogP) is 2.43. The number of aliphatic hydroxyl groups is 5. The van der Waals surface area contributed by atoms with Gasteiger partial charge >= 0.3 is 5.97 Å². The number of nitrogens with one attached hydrogen (secondary N) is 1. The van der Waals surface area contributed by atoms with Crippen LogP contribution in [0.3, 0.4) is 0 Å². The van der Waals surface area contributed by atoms with Crippen molar-refractivity contribution in [1.82, 2.24) is 5.32 Å². The van der Waals surface area contributed by atoms with E-state index in [0.717, 1.165) is 37.7 Å². The van der Waals surface area contributed by atoms with Crippen molar-refractivity contribution in [3.8, 4) is 0 Å². The van der Waals surface area contributed by atoms with Gasteiger partial charge in [0, 0.05) is 12.8 Å². The lowest BCUT2D eigenvalue weighted by Crippen LogP contribution is -2.51. The van der Waals surface area contributed by atoms with E-state index in [4.69, 9.17) is 20.1 Å². The zero-order chi connectivity index (χ0) is 25.5. The lowest BCUT2D eigenvalue weighted by Gasteiger charge is -2.26. The zero-order valence-corrected chi connectivity index (χ0v) is 20.1. The predicted molar refractivity (Wildman–Crippen MR) is 126 cm³/mol.